The van der Waals surface area contributed by atoms with Crippen molar-refractivity contribution in [3.63, 3.8) is 0 Å². The van der Waals surface area contributed by atoms with Gasteiger partial charge in [-0.15, -0.1) is 0 Å². The van der Waals surface area contributed by atoms with E-state index in [0.717, 1.165) is 31.4 Å². The van der Waals surface area contributed by atoms with Crippen molar-refractivity contribution in [2.24, 2.45) is 0 Å². The van der Waals surface area contributed by atoms with Gasteiger partial charge in [0, 0.05) is 30.7 Å². The first-order valence-electron chi connectivity index (χ1n) is 7.76. The van der Waals surface area contributed by atoms with Crippen LogP contribution in [-0.2, 0) is 19.6 Å². The van der Waals surface area contributed by atoms with Crippen molar-refractivity contribution in [2.75, 3.05) is 0 Å². The highest BCUT2D eigenvalue weighted by Gasteiger charge is 2.30. The molecule has 2 heterocycles. The minimum Gasteiger partial charge on any atom is -0.468 e. The van der Waals surface area contributed by atoms with Crippen LogP contribution in [0.3, 0.4) is 0 Å². The van der Waals surface area contributed by atoms with Crippen molar-refractivity contribution in [3.8, 4) is 0 Å². The molecule has 0 aromatic carbocycles. The summed E-state index contributed by atoms with van der Waals surface area (Å²) in [6, 6.07) is 5.56. The van der Waals surface area contributed by atoms with Crippen LogP contribution >= 0.6 is 11.3 Å². The lowest BCUT2D eigenvalue weighted by Gasteiger charge is -2.21. The Bertz CT molecular complexity index is 543. The molecule has 114 valence electrons. The van der Waals surface area contributed by atoms with Crippen molar-refractivity contribution >= 4 is 11.3 Å². The zero-order valence-electron chi connectivity index (χ0n) is 12.8. The molecule has 0 spiro atoms. The molecule has 1 aliphatic carbocycles. The summed E-state index contributed by atoms with van der Waals surface area (Å²) in [5.41, 5.74) is 2.71. The summed E-state index contributed by atoms with van der Waals surface area (Å²) in [5, 5.41) is 7.88. The number of nitrogens with zero attached hydrogens (tertiary/aromatic N) is 1. The van der Waals surface area contributed by atoms with Crippen molar-refractivity contribution in [2.45, 2.75) is 58.4 Å². The Kier molecular flexibility index (Phi) is 4.78. The summed E-state index contributed by atoms with van der Waals surface area (Å²) < 4.78 is 5.75. The molecule has 2 aromatic rings. The fourth-order valence-corrected chi connectivity index (χ4v) is 3.19. The van der Waals surface area contributed by atoms with Crippen LogP contribution in [0.25, 0.3) is 0 Å². The van der Waals surface area contributed by atoms with E-state index in [2.05, 4.69) is 47.0 Å². The molecule has 2 aromatic heterocycles. The number of hydrogen-bond acceptors (Lipinski definition) is 4. The molecule has 0 atom stereocenters. The molecule has 0 amide bonds. The Hall–Kier alpha value is -1.10. The summed E-state index contributed by atoms with van der Waals surface area (Å²) in [7, 11) is 0. The Labute approximate surface area is 131 Å². The predicted molar refractivity (Wildman–Crippen MR) is 87.3 cm³/mol. The van der Waals surface area contributed by atoms with Gasteiger partial charge in [0.1, 0.15) is 5.76 Å². The average Bonchev–Trinajstić information content (AvgIpc) is 3.00. The highest BCUT2D eigenvalue weighted by molar-refractivity contribution is 7.07. The van der Waals surface area contributed by atoms with E-state index in [1.54, 1.807) is 11.3 Å². The SMILES string of the molecule is CC(C)NCc1ccoc1CN(Cc1ccsc1)C1CC1. The zero-order chi connectivity index (χ0) is 14.7. The molecule has 21 heavy (non-hydrogen) atoms. The van der Waals surface area contributed by atoms with Gasteiger partial charge in [0.2, 0.25) is 0 Å². The van der Waals surface area contributed by atoms with Crippen molar-refractivity contribution in [3.05, 3.63) is 46.0 Å². The summed E-state index contributed by atoms with van der Waals surface area (Å²) in [4.78, 5) is 2.56. The summed E-state index contributed by atoms with van der Waals surface area (Å²) in [5.74, 6) is 1.12. The first-order valence-corrected chi connectivity index (χ1v) is 8.70. The van der Waals surface area contributed by atoms with Gasteiger partial charge in [-0.05, 0) is 41.3 Å². The van der Waals surface area contributed by atoms with Gasteiger partial charge in [-0.1, -0.05) is 13.8 Å². The third-order valence-corrected chi connectivity index (χ3v) is 4.65. The van der Waals surface area contributed by atoms with E-state index in [4.69, 9.17) is 4.42 Å². The van der Waals surface area contributed by atoms with E-state index >= 15 is 0 Å². The molecule has 0 unspecified atom stereocenters. The van der Waals surface area contributed by atoms with Crippen LogP contribution in [0.5, 0.6) is 0 Å². The van der Waals surface area contributed by atoms with Crippen molar-refractivity contribution < 1.29 is 4.42 Å². The van der Waals surface area contributed by atoms with E-state index < -0.39 is 0 Å². The van der Waals surface area contributed by atoms with Crippen molar-refractivity contribution in [1.82, 2.24) is 10.2 Å². The molecule has 1 N–H and O–H groups in total. The molecule has 0 bridgehead atoms. The Balaban J connectivity index is 1.64. The quantitative estimate of drug-likeness (QED) is 0.799. The number of thiophene rings is 1. The van der Waals surface area contributed by atoms with Gasteiger partial charge in [-0.3, -0.25) is 4.90 Å². The lowest BCUT2D eigenvalue weighted by molar-refractivity contribution is 0.224. The molecule has 4 heteroatoms. The molecule has 1 fully saturated rings. The number of furan rings is 1. The number of hydrogen-bond donors (Lipinski definition) is 1. The largest absolute Gasteiger partial charge is 0.468 e. The third-order valence-electron chi connectivity index (χ3n) is 3.91. The minimum absolute atomic E-state index is 0.498. The topological polar surface area (TPSA) is 28.4 Å². The van der Waals surface area contributed by atoms with Gasteiger partial charge in [0.05, 0.1) is 12.8 Å². The van der Waals surface area contributed by atoms with Crippen LogP contribution < -0.4 is 5.32 Å². The predicted octanol–water partition coefficient (Wildman–Crippen LogP) is 4.00. The fourth-order valence-electron chi connectivity index (χ4n) is 2.53. The molecule has 1 saturated carbocycles. The normalized spacial score (nSPS) is 15.2. The summed E-state index contributed by atoms with van der Waals surface area (Å²) >= 11 is 1.78. The van der Waals surface area contributed by atoms with Gasteiger partial charge in [-0.2, -0.15) is 11.3 Å². The average molecular weight is 304 g/mol. The smallest absolute Gasteiger partial charge is 0.122 e. The second-order valence-electron chi connectivity index (χ2n) is 6.17. The van der Waals surface area contributed by atoms with Gasteiger partial charge < -0.3 is 9.73 Å². The summed E-state index contributed by atoms with van der Waals surface area (Å²) in [6.07, 6.45) is 4.47. The van der Waals surface area contributed by atoms with Crippen LogP contribution in [0.2, 0.25) is 0 Å². The van der Waals surface area contributed by atoms with E-state index in [9.17, 15) is 0 Å². The van der Waals surface area contributed by atoms with E-state index in [1.165, 1.54) is 24.0 Å². The van der Waals surface area contributed by atoms with Gasteiger partial charge in [0.15, 0.2) is 0 Å². The molecule has 0 saturated heterocycles. The number of nitrogens with one attached hydrogen (secondary N) is 1. The van der Waals surface area contributed by atoms with E-state index in [1.807, 2.05) is 6.26 Å². The first kappa shape index (κ1) is 14.8. The van der Waals surface area contributed by atoms with Crippen LogP contribution in [0, 0.1) is 0 Å². The third kappa shape index (κ3) is 4.19. The zero-order valence-corrected chi connectivity index (χ0v) is 13.7. The summed E-state index contributed by atoms with van der Waals surface area (Å²) in [6.45, 7) is 7.19. The van der Waals surface area contributed by atoms with Crippen LogP contribution in [0.15, 0.2) is 33.6 Å². The molecule has 1 aliphatic rings. The maximum absolute atomic E-state index is 5.75. The molecule has 3 nitrogen and oxygen atoms in total. The maximum Gasteiger partial charge on any atom is 0.122 e. The monoisotopic (exact) mass is 304 g/mol. The van der Waals surface area contributed by atoms with E-state index in [0.29, 0.717) is 6.04 Å². The van der Waals surface area contributed by atoms with Gasteiger partial charge >= 0.3 is 0 Å². The molecule has 0 aliphatic heterocycles. The van der Waals surface area contributed by atoms with E-state index in [-0.39, 0.29) is 0 Å². The Morgan fingerprint density at radius 1 is 1.33 bits per heavy atom. The van der Waals surface area contributed by atoms with Crippen molar-refractivity contribution in [1.29, 1.82) is 0 Å². The highest BCUT2D eigenvalue weighted by atomic mass is 32.1. The minimum atomic E-state index is 0.498. The molecular formula is C17H24N2OS. The number of rotatable bonds is 8. The van der Waals surface area contributed by atoms with Crippen LogP contribution in [-0.4, -0.2) is 17.0 Å². The maximum atomic E-state index is 5.75. The lowest BCUT2D eigenvalue weighted by atomic mass is 10.2. The first-order chi connectivity index (χ1) is 10.2. The lowest BCUT2D eigenvalue weighted by Crippen LogP contribution is -2.26. The second kappa shape index (κ2) is 6.77. The van der Waals surface area contributed by atoms with Crippen LogP contribution in [0.4, 0.5) is 0 Å². The Morgan fingerprint density at radius 3 is 2.86 bits per heavy atom. The standard InChI is InChI=1S/C17H24N2OS/c1-13(2)18-9-15-5-7-20-17(15)11-19(16-3-4-16)10-14-6-8-21-12-14/h5-8,12-13,16,18H,3-4,9-11H2,1-2H3. The molecule has 3 rings (SSSR count). The van der Waals surface area contributed by atoms with Gasteiger partial charge in [0.25, 0.3) is 0 Å². The Morgan fingerprint density at radius 2 is 2.19 bits per heavy atom. The molecule has 0 radical (unpaired) electrons. The van der Waals surface area contributed by atoms with Crippen LogP contribution in [0.1, 0.15) is 43.6 Å². The molecular weight excluding hydrogens is 280 g/mol. The fraction of sp³-hybridized carbons (Fsp3) is 0.529. The van der Waals surface area contributed by atoms with Gasteiger partial charge in [-0.25, -0.2) is 0 Å². The second-order valence-corrected chi connectivity index (χ2v) is 6.95. The highest BCUT2D eigenvalue weighted by Crippen LogP contribution is 2.31.